The van der Waals surface area contributed by atoms with E-state index in [1.807, 2.05) is 67.6 Å². The molecule has 3 aromatic carbocycles. The SMILES string of the molecule is CCCC1=C(C(=O)OCC)[C@@H](c2c(OC)ccc3ccccc23)n2c(s/c(=C/c3ccc4c(c3)n(C)c(=O)n4C)c2=O)=N1. The van der Waals surface area contributed by atoms with E-state index in [1.165, 1.54) is 11.3 Å². The Morgan fingerprint density at radius 3 is 2.53 bits per heavy atom. The van der Waals surface area contributed by atoms with Crippen LogP contribution in [0.2, 0.25) is 0 Å². The van der Waals surface area contributed by atoms with Gasteiger partial charge in [-0.3, -0.25) is 18.5 Å². The molecular weight excluding hydrogens is 564 g/mol. The van der Waals surface area contributed by atoms with Crippen molar-refractivity contribution >= 4 is 45.2 Å². The Balaban J connectivity index is 1.66. The first-order chi connectivity index (χ1) is 20.8. The zero-order valence-corrected chi connectivity index (χ0v) is 25.5. The third kappa shape index (κ3) is 4.62. The number of methoxy groups -OCH3 is 1. The number of carbonyl (C=O) groups excluding carboxylic acids is 1. The molecule has 43 heavy (non-hydrogen) atoms. The first-order valence-corrected chi connectivity index (χ1v) is 15.0. The van der Waals surface area contributed by atoms with E-state index in [0.29, 0.717) is 38.3 Å². The van der Waals surface area contributed by atoms with Gasteiger partial charge in [-0.05, 0) is 54.0 Å². The highest BCUT2D eigenvalue weighted by Gasteiger charge is 2.37. The molecule has 5 aromatic rings. The molecule has 1 aliphatic rings. The van der Waals surface area contributed by atoms with E-state index in [2.05, 4.69) is 0 Å². The van der Waals surface area contributed by atoms with Gasteiger partial charge in [-0.15, -0.1) is 0 Å². The fourth-order valence-corrected chi connectivity index (χ4v) is 6.91. The quantitative estimate of drug-likeness (QED) is 0.265. The van der Waals surface area contributed by atoms with Crippen molar-refractivity contribution in [2.75, 3.05) is 13.7 Å². The van der Waals surface area contributed by atoms with Gasteiger partial charge in [0.25, 0.3) is 5.56 Å². The molecule has 2 aromatic heterocycles. The highest BCUT2D eigenvalue weighted by Crippen LogP contribution is 2.41. The summed E-state index contributed by atoms with van der Waals surface area (Å²) in [5.74, 6) is 0.0627. The number of fused-ring (bicyclic) bond motifs is 3. The number of hydrogen-bond donors (Lipinski definition) is 0. The summed E-state index contributed by atoms with van der Waals surface area (Å²) in [4.78, 5) is 45.9. The number of rotatable bonds is 7. The van der Waals surface area contributed by atoms with Gasteiger partial charge in [-0.1, -0.05) is 61.1 Å². The van der Waals surface area contributed by atoms with Gasteiger partial charge in [0.1, 0.15) is 11.8 Å². The van der Waals surface area contributed by atoms with Crippen LogP contribution < -0.4 is 25.3 Å². The minimum absolute atomic E-state index is 0.120. The molecule has 0 N–H and O–H groups in total. The molecule has 1 atom stereocenters. The maximum absolute atomic E-state index is 14.3. The molecule has 0 bridgehead atoms. The molecule has 3 heterocycles. The van der Waals surface area contributed by atoms with Gasteiger partial charge in [0.05, 0.1) is 40.6 Å². The molecule has 9 nitrogen and oxygen atoms in total. The first kappa shape index (κ1) is 28.4. The molecule has 220 valence electrons. The lowest BCUT2D eigenvalue weighted by Gasteiger charge is -2.28. The van der Waals surface area contributed by atoms with Crippen molar-refractivity contribution in [3.8, 4) is 5.75 Å². The normalized spacial score (nSPS) is 15.2. The van der Waals surface area contributed by atoms with E-state index >= 15 is 0 Å². The Morgan fingerprint density at radius 1 is 1.02 bits per heavy atom. The molecule has 0 unspecified atom stereocenters. The number of ether oxygens (including phenoxy) is 2. The Bertz CT molecular complexity index is 2200. The monoisotopic (exact) mass is 596 g/mol. The number of thiazole rings is 1. The van der Waals surface area contributed by atoms with Gasteiger partial charge in [-0.2, -0.15) is 0 Å². The highest BCUT2D eigenvalue weighted by molar-refractivity contribution is 7.07. The zero-order chi connectivity index (χ0) is 30.4. The van der Waals surface area contributed by atoms with Crippen molar-refractivity contribution in [3.05, 3.63) is 107 Å². The average molecular weight is 597 g/mol. The number of allylic oxidation sites excluding steroid dienone is 1. The number of aryl methyl sites for hydroxylation is 2. The van der Waals surface area contributed by atoms with Gasteiger partial charge in [0, 0.05) is 19.7 Å². The Hall–Kier alpha value is -4.70. The van der Waals surface area contributed by atoms with Gasteiger partial charge < -0.3 is 9.47 Å². The van der Waals surface area contributed by atoms with Crippen LogP contribution in [0.5, 0.6) is 5.75 Å². The second kappa shape index (κ2) is 11.2. The van der Waals surface area contributed by atoms with Crippen molar-refractivity contribution in [3.63, 3.8) is 0 Å². The van der Waals surface area contributed by atoms with Crippen molar-refractivity contribution < 1.29 is 14.3 Å². The van der Waals surface area contributed by atoms with Crippen LogP contribution in [0.4, 0.5) is 0 Å². The van der Waals surface area contributed by atoms with Crippen LogP contribution in [0.1, 0.15) is 43.9 Å². The van der Waals surface area contributed by atoms with Crippen molar-refractivity contribution in [1.82, 2.24) is 13.7 Å². The molecular formula is C33H32N4O5S. The fraction of sp³-hybridized carbons (Fsp3) is 0.273. The van der Waals surface area contributed by atoms with E-state index in [9.17, 15) is 14.4 Å². The van der Waals surface area contributed by atoms with Crippen LogP contribution in [-0.2, 0) is 23.6 Å². The lowest BCUT2D eigenvalue weighted by Crippen LogP contribution is -2.40. The number of carbonyl (C=O) groups is 1. The summed E-state index contributed by atoms with van der Waals surface area (Å²) in [7, 11) is 5.05. The second-order valence-corrected chi connectivity index (χ2v) is 11.5. The Morgan fingerprint density at radius 2 is 1.79 bits per heavy atom. The second-order valence-electron chi connectivity index (χ2n) is 10.5. The summed E-state index contributed by atoms with van der Waals surface area (Å²) in [5, 5.41) is 1.83. The zero-order valence-electron chi connectivity index (χ0n) is 24.7. The third-order valence-corrected chi connectivity index (χ3v) is 8.89. The predicted octanol–water partition coefficient (Wildman–Crippen LogP) is 3.93. The number of nitrogens with zero attached hydrogens (tertiary/aromatic N) is 4. The van der Waals surface area contributed by atoms with Crippen LogP contribution in [0.15, 0.2) is 80.4 Å². The van der Waals surface area contributed by atoms with E-state index < -0.39 is 12.0 Å². The van der Waals surface area contributed by atoms with E-state index in [4.69, 9.17) is 14.5 Å². The fourth-order valence-electron chi connectivity index (χ4n) is 5.89. The lowest BCUT2D eigenvalue weighted by molar-refractivity contribution is -0.139. The molecule has 0 radical (unpaired) electrons. The van der Waals surface area contributed by atoms with Gasteiger partial charge in [0.2, 0.25) is 0 Å². The predicted molar refractivity (Wildman–Crippen MR) is 168 cm³/mol. The molecule has 0 saturated carbocycles. The maximum atomic E-state index is 14.3. The summed E-state index contributed by atoms with van der Waals surface area (Å²) in [5.41, 5.74) is 3.61. The largest absolute Gasteiger partial charge is 0.496 e. The minimum atomic E-state index is -0.808. The third-order valence-electron chi connectivity index (χ3n) is 7.91. The summed E-state index contributed by atoms with van der Waals surface area (Å²) in [6.07, 6.45) is 3.11. The van der Waals surface area contributed by atoms with E-state index in [1.54, 1.807) is 41.8 Å². The summed E-state index contributed by atoms with van der Waals surface area (Å²) in [6, 6.07) is 16.5. The summed E-state index contributed by atoms with van der Waals surface area (Å²) in [6.45, 7) is 3.98. The number of esters is 1. The van der Waals surface area contributed by atoms with Crippen LogP contribution in [-0.4, -0.2) is 33.4 Å². The number of imidazole rings is 1. The van der Waals surface area contributed by atoms with Crippen molar-refractivity contribution in [2.24, 2.45) is 19.1 Å². The molecule has 0 fully saturated rings. The summed E-state index contributed by atoms with van der Waals surface area (Å²) < 4.78 is 16.7. The number of aromatic nitrogens is 3. The van der Waals surface area contributed by atoms with Gasteiger partial charge in [-0.25, -0.2) is 14.6 Å². The summed E-state index contributed by atoms with van der Waals surface area (Å²) >= 11 is 1.28. The molecule has 0 saturated heterocycles. The van der Waals surface area contributed by atoms with Crippen LogP contribution in [0, 0.1) is 0 Å². The van der Waals surface area contributed by atoms with Crippen LogP contribution in [0.25, 0.3) is 27.9 Å². The number of benzene rings is 3. The smallest absolute Gasteiger partial charge is 0.338 e. The van der Waals surface area contributed by atoms with Crippen LogP contribution >= 0.6 is 11.3 Å². The van der Waals surface area contributed by atoms with Crippen molar-refractivity contribution in [1.29, 1.82) is 0 Å². The molecule has 0 aliphatic carbocycles. The molecule has 10 heteroatoms. The topological polar surface area (TPSA) is 96.8 Å². The van der Waals surface area contributed by atoms with Crippen molar-refractivity contribution in [2.45, 2.75) is 32.7 Å². The molecule has 1 aliphatic heterocycles. The lowest BCUT2D eigenvalue weighted by atomic mass is 9.90. The maximum Gasteiger partial charge on any atom is 0.338 e. The standard InChI is InChI=1S/C33H32N4O5S/c1-6-10-22-28(31(39)42-7-2)29(27-21-12-9-8-11-20(21)14-16-25(27)41-5)37-30(38)26(43-32(37)34-22)18-19-13-15-23-24(17-19)36(4)33(40)35(23)3/h8-9,11-18,29H,6-7,10H2,1-5H3/b26-18+/t29-/m1/s1. The minimum Gasteiger partial charge on any atom is -0.496 e. The number of hydrogen-bond acceptors (Lipinski definition) is 7. The van der Waals surface area contributed by atoms with Gasteiger partial charge >= 0.3 is 11.7 Å². The molecule has 6 rings (SSSR count). The Labute approximate surface area is 251 Å². The molecule has 0 spiro atoms. The molecule has 0 amide bonds. The first-order valence-electron chi connectivity index (χ1n) is 14.2. The average Bonchev–Trinajstić information content (AvgIpc) is 3.43. The van der Waals surface area contributed by atoms with Gasteiger partial charge in [0.15, 0.2) is 4.80 Å². The Kier molecular flexibility index (Phi) is 7.39. The van der Waals surface area contributed by atoms with E-state index in [0.717, 1.165) is 33.8 Å². The van der Waals surface area contributed by atoms with E-state index in [-0.39, 0.29) is 17.9 Å². The highest BCUT2D eigenvalue weighted by atomic mass is 32.1. The van der Waals surface area contributed by atoms with Crippen LogP contribution in [0.3, 0.4) is 0 Å².